The zero-order valence-electron chi connectivity index (χ0n) is 10.5. The van der Waals surface area contributed by atoms with Gasteiger partial charge in [0.1, 0.15) is 0 Å². The van der Waals surface area contributed by atoms with Crippen LogP contribution in [0.5, 0.6) is 0 Å². The third kappa shape index (κ3) is 2.58. The second kappa shape index (κ2) is 4.87. The summed E-state index contributed by atoms with van der Waals surface area (Å²) in [6.07, 6.45) is 1.61. The summed E-state index contributed by atoms with van der Waals surface area (Å²) in [6.45, 7) is 1.87. The molecule has 2 aromatic carbocycles. The molecule has 3 heteroatoms. The van der Waals surface area contributed by atoms with Crippen molar-refractivity contribution in [3.63, 3.8) is 0 Å². The van der Waals surface area contributed by atoms with E-state index >= 15 is 0 Å². The molecular weight excluding hydrogens is 234 g/mol. The zero-order chi connectivity index (χ0) is 13.1. The lowest BCUT2D eigenvalue weighted by Crippen LogP contribution is -1.93. The lowest BCUT2D eigenvalue weighted by molar-refractivity contribution is 0.918. The summed E-state index contributed by atoms with van der Waals surface area (Å²) >= 11 is 0. The van der Waals surface area contributed by atoms with E-state index in [2.05, 4.69) is 51.3 Å². The van der Waals surface area contributed by atoms with Crippen molar-refractivity contribution in [2.24, 2.45) is 0 Å². The Hall–Kier alpha value is -2.73. The van der Waals surface area contributed by atoms with E-state index in [9.17, 15) is 0 Å². The van der Waals surface area contributed by atoms with Gasteiger partial charge >= 0.3 is 0 Å². The fourth-order valence-corrected chi connectivity index (χ4v) is 1.83. The molecule has 0 atom stereocenters. The molecule has 3 nitrogen and oxygen atoms in total. The maximum absolute atomic E-state index is 4.20. The molecule has 0 saturated carbocycles. The van der Waals surface area contributed by atoms with Gasteiger partial charge in [-0.25, -0.2) is 4.98 Å². The van der Waals surface area contributed by atoms with Crippen LogP contribution in [0.2, 0.25) is 0 Å². The highest BCUT2D eigenvalue weighted by atomic mass is 15.1. The largest absolute Gasteiger partial charge is 0.226 e. The van der Waals surface area contributed by atoms with Gasteiger partial charge in [0, 0.05) is 5.56 Å². The van der Waals surface area contributed by atoms with E-state index in [-0.39, 0.29) is 0 Å². The Morgan fingerprint density at radius 1 is 0.947 bits per heavy atom. The highest BCUT2D eigenvalue weighted by Gasteiger charge is 1.94. The van der Waals surface area contributed by atoms with Crippen molar-refractivity contribution < 1.29 is 0 Å². The normalized spacial score (nSPS) is 9.95. The number of rotatable bonds is 0. The Labute approximate surface area is 111 Å². The minimum atomic E-state index is 0.452. The molecule has 0 aliphatic carbocycles. The summed E-state index contributed by atoms with van der Waals surface area (Å²) in [7, 11) is 0. The lowest BCUT2D eigenvalue weighted by atomic mass is 10.1. The van der Waals surface area contributed by atoms with Crippen molar-refractivity contribution >= 4 is 10.8 Å². The summed E-state index contributed by atoms with van der Waals surface area (Å²) in [6, 6.07) is 14.3. The molecule has 1 aromatic heterocycles. The van der Waals surface area contributed by atoms with Gasteiger partial charge in [-0.3, -0.25) is 0 Å². The first kappa shape index (κ1) is 11.4. The van der Waals surface area contributed by atoms with E-state index in [1.54, 1.807) is 6.20 Å². The van der Waals surface area contributed by atoms with E-state index in [4.69, 9.17) is 0 Å². The second-order valence-electron chi connectivity index (χ2n) is 4.23. The van der Waals surface area contributed by atoms with Crippen LogP contribution in [0, 0.1) is 18.8 Å². The van der Waals surface area contributed by atoms with Crippen LogP contribution < -0.4 is 0 Å². The van der Waals surface area contributed by atoms with Gasteiger partial charge in [0.2, 0.25) is 5.82 Å². The predicted molar refractivity (Wildman–Crippen MR) is 74.5 cm³/mol. The monoisotopic (exact) mass is 245 g/mol. The summed E-state index contributed by atoms with van der Waals surface area (Å²) in [5, 5.41) is 10.1. The molecule has 3 aromatic rings. The number of nitrogens with zero attached hydrogens (tertiary/aromatic N) is 3. The number of hydrogen-bond acceptors (Lipinski definition) is 3. The average Bonchev–Trinajstić information content (AvgIpc) is 2.45. The molecule has 19 heavy (non-hydrogen) atoms. The van der Waals surface area contributed by atoms with Gasteiger partial charge in [-0.1, -0.05) is 36.3 Å². The number of aromatic nitrogens is 3. The molecule has 0 saturated heterocycles. The molecule has 0 aliphatic rings. The molecule has 0 N–H and O–H groups in total. The topological polar surface area (TPSA) is 38.7 Å². The van der Waals surface area contributed by atoms with E-state index < -0.39 is 0 Å². The predicted octanol–water partition coefficient (Wildman–Crippen LogP) is 2.73. The molecule has 0 aliphatic heterocycles. The second-order valence-corrected chi connectivity index (χ2v) is 4.23. The fraction of sp³-hybridized carbons (Fsp3) is 0.0625. The van der Waals surface area contributed by atoms with E-state index in [0.717, 1.165) is 11.3 Å². The van der Waals surface area contributed by atoms with Crippen molar-refractivity contribution in [3.8, 4) is 11.8 Å². The highest BCUT2D eigenvalue weighted by Crippen LogP contribution is 2.14. The van der Waals surface area contributed by atoms with Crippen molar-refractivity contribution in [2.45, 2.75) is 6.92 Å². The molecular formula is C16H11N3. The molecule has 1 heterocycles. The first-order chi connectivity index (χ1) is 9.31. The minimum Gasteiger partial charge on any atom is -0.223 e. The van der Waals surface area contributed by atoms with Gasteiger partial charge < -0.3 is 0 Å². The first-order valence-electron chi connectivity index (χ1n) is 5.98. The minimum absolute atomic E-state index is 0.452. The maximum atomic E-state index is 4.20. The van der Waals surface area contributed by atoms with E-state index in [1.807, 2.05) is 25.1 Å². The van der Waals surface area contributed by atoms with Gasteiger partial charge in [-0.15, -0.1) is 5.10 Å². The van der Waals surface area contributed by atoms with Crippen LogP contribution in [0.1, 0.15) is 17.1 Å². The van der Waals surface area contributed by atoms with Gasteiger partial charge in [0.15, 0.2) is 0 Å². The molecule has 0 bridgehead atoms. The third-order valence-electron chi connectivity index (χ3n) is 2.75. The van der Waals surface area contributed by atoms with Crippen molar-refractivity contribution in [2.75, 3.05) is 0 Å². The summed E-state index contributed by atoms with van der Waals surface area (Å²) in [5.74, 6) is 6.45. The number of aryl methyl sites for hydroxylation is 1. The third-order valence-corrected chi connectivity index (χ3v) is 2.75. The molecule has 3 rings (SSSR count). The Kier molecular flexibility index (Phi) is 2.91. The molecule has 90 valence electrons. The van der Waals surface area contributed by atoms with E-state index in [1.165, 1.54) is 10.8 Å². The van der Waals surface area contributed by atoms with Crippen LogP contribution in [0.3, 0.4) is 0 Å². The molecule has 0 unspecified atom stereocenters. The highest BCUT2D eigenvalue weighted by molar-refractivity contribution is 5.83. The summed E-state index contributed by atoms with van der Waals surface area (Å²) in [5.41, 5.74) is 1.77. The van der Waals surface area contributed by atoms with Gasteiger partial charge in [-0.2, -0.15) is 5.10 Å². The Balaban J connectivity index is 1.98. The van der Waals surface area contributed by atoms with Crippen LogP contribution in [-0.4, -0.2) is 15.2 Å². The van der Waals surface area contributed by atoms with Gasteiger partial charge in [-0.05, 0) is 35.7 Å². The van der Waals surface area contributed by atoms with E-state index in [0.29, 0.717) is 5.82 Å². The van der Waals surface area contributed by atoms with Crippen LogP contribution in [0.25, 0.3) is 10.8 Å². The first-order valence-corrected chi connectivity index (χ1v) is 5.98. The number of hydrogen-bond donors (Lipinski definition) is 0. The number of fused-ring (bicyclic) bond motifs is 1. The quantitative estimate of drug-likeness (QED) is 0.572. The smallest absolute Gasteiger partial charge is 0.223 e. The zero-order valence-corrected chi connectivity index (χ0v) is 10.5. The SMILES string of the molecule is Cc1cnnc(C#Cc2ccc3ccccc3c2)n1. The Bertz CT molecular complexity index is 797. The molecule has 0 fully saturated rings. The Morgan fingerprint density at radius 2 is 1.79 bits per heavy atom. The van der Waals surface area contributed by atoms with Crippen molar-refractivity contribution in [3.05, 3.63) is 65.7 Å². The van der Waals surface area contributed by atoms with Crippen LogP contribution in [0.15, 0.2) is 48.7 Å². The van der Waals surface area contributed by atoms with Crippen LogP contribution in [-0.2, 0) is 0 Å². The number of benzene rings is 2. The fourth-order valence-electron chi connectivity index (χ4n) is 1.83. The molecule has 0 spiro atoms. The van der Waals surface area contributed by atoms with Gasteiger partial charge in [0.25, 0.3) is 0 Å². The summed E-state index contributed by atoms with van der Waals surface area (Å²) < 4.78 is 0. The molecule has 0 amide bonds. The standard InChI is InChI=1S/C16H11N3/c1-12-11-17-19-16(18-12)9-7-13-6-8-14-4-2-3-5-15(14)10-13/h2-6,8,10-11H,1H3. The summed E-state index contributed by atoms with van der Waals surface area (Å²) in [4.78, 5) is 4.20. The van der Waals surface area contributed by atoms with Crippen LogP contribution >= 0.6 is 0 Å². The van der Waals surface area contributed by atoms with Gasteiger partial charge in [0.05, 0.1) is 11.9 Å². The molecule has 0 radical (unpaired) electrons. The van der Waals surface area contributed by atoms with Crippen LogP contribution in [0.4, 0.5) is 0 Å². The Morgan fingerprint density at radius 3 is 2.63 bits per heavy atom. The van der Waals surface area contributed by atoms with Crippen molar-refractivity contribution in [1.29, 1.82) is 0 Å². The maximum Gasteiger partial charge on any atom is 0.226 e. The van der Waals surface area contributed by atoms with Crippen molar-refractivity contribution in [1.82, 2.24) is 15.2 Å². The average molecular weight is 245 g/mol. The lowest BCUT2D eigenvalue weighted by Gasteiger charge is -1.97.